The van der Waals surface area contributed by atoms with Gasteiger partial charge in [0.2, 0.25) is 0 Å². The first-order chi connectivity index (χ1) is 15.9. The Kier molecular flexibility index (Phi) is 6.47. The van der Waals surface area contributed by atoms with Gasteiger partial charge in [0.25, 0.3) is 11.7 Å². The highest BCUT2D eigenvalue weighted by molar-refractivity contribution is 6.52. The van der Waals surface area contributed by atoms with Gasteiger partial charge < -0.3 is 9.84 Å². The van der Waals surface area contributed by atoms with Crippen LogP contribution in [0.25, 0.3) is 5.76 Å². The molecule has 0 bridgehead atoms. The van der Waals surface area contributed by atoms with E-state index in [-0.39, 0.29) is 11.3 Å². The van der Waals surface area contributed by atoms with Gasteiger partial charge in [-0.25, -0.2) is 0 Å². The van der Waals surface area contributed by atoms with Crippen LogP contribution in [0.15, 0.2) is 72.6 Å². The van der Waals surface area contributed by atoms with Crippen LogP contribution in [0.5, 0.6) is 5.75 Å². The SMILES string of the molecule is CCCOc1cccc(/C(O)=C2\C(=O)C(=O)N(c3cccc(Cl)c3C)C2c2ccncc2)c1. The summed E-state index contributed by atoms with van der Waals surface area (Å²) >= 11 is 6.32. The third kappa shape index (κ3) is 4.22. The Hall–Kier alpha value is -3.64. The van der Waals surface area contributed by atoms with Crippen molar-refractivity contribution in [2.24, 2.45) is 0 Å². The molecule has 2 heterocycles. The van der Waals surface area contributed by atoms with Crippen LogP contribution in [-0.4, -0.2) is 28.4 Å². The average Bonchev–Trinajstić information content (AvgIpc) is 3.10. The molecule has 0 radical (unpaired) electrons. The smallest absolute Gasteiger partial charge is 0.300 e. The van der Waals surface area contributed by atoms with E-state index in [1.54, 1.807) is 73.9 Å². The van der Waals surface area contributed by atoms with E-state index in [1.807, 2.05) is 6.92 Å². The largest absolute Gasteiger partial charge is 0.507 e. The predicted molar refractivity (Wildman–Crippen MR) is 127 cm³/mol. The van der Waals surface area contributed by atoms with E-state index in [2.05, 4.69) is 4.98 Å². The molecule has 1 aliphatic heterocycles. The molecule has 7 heteroatoms. The van der Waals surface area contributed by atoms with Gasteiger partial charge in [-0.2, -0.15) is 0 Å². The highest BCUT2D eigenvalue weighted by Gasteiger charge is 2.47. The van der Waals surface area contributed by atoms with Gasteiger partial charge >= 0.3 is 0 Å². The first-order valence-electron chi connectivity index (χ1n) is 10.6. The molecule has 2 aromatic carbocycles. The summed E-state index contributed by atoms with van der Waals surface area (Å²) in [4.78, 5) is 31.9. The predicted octanol–water partition coefficient (Wildman–Crippen LogP) is 5.46. The lowest BCUT2D eigenvalue weighted by molar-refractivity contribution is -0.132. The molecule has 1 fully saturated rings. The van der Waals surface area contributed by atoms with E-state index in [1.165, 1.54) is 4.90 Å². The summed E-state index contributed by atoms with van der Waals surface area (Å²) in [5.74, 6) is -1.20. The fourth-order valence-corrected chi connectivity index (χ4v) is 4.08. The zero-order chi connectivity index (χ0) is 23.5. The Morgan fingerprint density at radius 3 is 2.58 bits per heavy atom. The number of ether oxygens (including phenoxy) is 1. The van der Waals surface area contributed by atoms with Crippen LogP contribution in [0.4, 0.5) is 5.69 Å². The van der Waals surface area contributed by atoms with Gasteiger partial charge in [0.15, 0.2) is 0 Å². The number of anilines is 1. The number of carbonyl (C=O) groups excluding carboxylic acids is 2. The Balaban J connectivity index is 1.91. The number of pyridine rings is 1. The molecule has 4 rings (SSSR count). The summed E-state index contributed by atoms with van der Waals surface area (Å²) in [6.07, 6.45) is 4.00. The molecule has 33 heavy (non-hydrogen) atoms. The summed E-state index contributed by atoms with van der Waals surface area (Å²) in [7, 11) is 0. The number of Topliss-reactive ketones (excluding diaryl/α,β-unsaturated/α-hetero) is 1. The number of hydrogen-bond acceptors (Lipinski definition) is 5. The number of carbonyl (C=O) groups is 2. The van der Waals surface area contributed by atoms with Gasteiger partial charge in [0.05, 0.1) is 18.2 Å². The zero-order valence-electron chi connectivity index (χ0n) is 18.3. The standard InChI is InChI=1S/C26H23ClN2O4/c1-3-14-33-19-7-4-6-18(15-19)24(30)22-23(17-10-12-28-13-11-17)29(26(32)25(22)31)21-9-5-8-20(27)16(21)2/h4-13,15,23,30H,3,14H2,1-2H3/b24-22+. The van der Waals surface area contributed by atoms with E-state index in [0.717, 1.165) is 6.42 Å². The van der Waals surface area contributed by atoms with Crippen molar-refractivity contribution in [3.63, 3.8) is 0 Å². The first-order valence-corrected chi connectivity index (χ1v) is 11.0. The van der Waals surface area contributed by atoms with Crippen molar-refractivity contribution in [1.82, 2.24) is 4.98 Å². The Bertz CT molecular complexity index is 1240. The molecule has 6 nitrogen and oxygen atoms in total. The van der Waals surface area contributed by atoms with Crippen LogP contribution in [0, 0.1) is 6.92 Å². The van der Waals surface area contributed by atoms with Gasteiger partial charge in [0.1, 0.15) is 11.5 Å². The number of halogens is 1. The summed E-state index contributed by atoms with van der Waals surface area (Å²) in [6.45, 7) is 4.31. The van der Waals surface area contributed by atoms with E-state index < -0.39 is 17.7 Å². The number of hydrogen-bond donors (Lipinski definition) is 1. The second-order valence-corrected chi connectivity index (χ2v) is 8.12. The number of rotatable bonds is 6. The van der Waals surface area contributed by atoms with Crippen molar-refractivity contribution in [2.45, 2.75) is 26.3 Å². The molecule has 168 valence electrons. The summed E-state index contributed by atoms with van der Waals surface area (Å²) in [5.41, 5.74) is 2.20. The maximum atomic E-state index is 13.3. The lowest BCUT2D eigenvalue weighted by atomic mass is 9.95. The van der Waals surface area contributed by atoms with Crippen LogP contribution in [-0.2, 0) is 9.59 Å². The number of aliphatic hydroxyl groups is 1. The molecule has 0 saturated carbocycles. The third-order valence-corrected chi connectivity index (χ3v) is 5.95. The van der Waals surface area contributed by atoms with Crippen LogP contribution in [0.2, 0.25) is 5.02 Å². The van der Waals surface area contributed by atoms with Gasteiger partial charge in [-0.15, -0.1) is 0 Å². The first kappa shape index (κ1) is 22.6. The van der Waals surface area contributed by atoms with Gasteiger partial charge in [-0.1, -0.05) is 36.7 Å². The molecule has 1 aliphatic rings. The number of aromatic nitrogens is 1. The van der Waals surface area contributed by atoms with Crippen LogP contribution >= 0.6 is 11.6 Å². The van der Waals surface area contributed by atoms with E-state index >= 15 is 0 Å². The molecular formula is C26H23ClN2O4. The molecular weight excluding hydrogens is 440 g/mol. The number of aliphatic hydroxyl groups excluding tert-OH is 1. The van der Waals surface area contributed by atoms with Crippen molar-refractivity contribution in [3.05, 3.63) is 94.3 Å². The maximum Gasteiger partial charge on any atom is 0.300 e. The second kappa shape index (κ2) is 9.46. The minimum atomic E-state index is -0.842. The minimum Gasteiger partial charge on any atom is -0.507 e. The van der Waals surface area contributed by atoms with E-state index in [9.17, 15) is 14.7 Å². The number of amides is 1. The minimum absolute atomic E-state index is 0.00165. The summed E-state index contributed by atoms with van der Waals surface area (Å²) in [5, 5.41) is 11.7. The van der Waals surface area contributed by atoms with Crippen LogP contribution in [0.1, 0.15) is 36.1 Å². The normalized spacial score (nSPS) is 17.4. The fraction of sp³-hybridized carbons (Fsp3) is 0.192. The highest BCUT2D eigenvalue weighted by atomic mass is 35.5. The average molecular weight is 463 g/mol. The molecule has 1 unspecified atom stereocenters. The van der Waals surface area contributed by atoms with E-state index in [0.29, 0.717) is 39.8 Å². The topological polar surface area (TPSA) is 79.7 Å². The molecule has 1 atom stereocenters. The second-order valence-electron chi connectivity index (χ2n) is 7.71. The van der Waals surface area contributed by atoms with Crippen molar-refractivity contribution in [1.29, 1.82) is 0 Å². The Morgan fingerprint density at radius 1 is 1.12 bits per heavy atom. The Morgan fingerprint density at radius 2 is 1.85 bits per heavy atom. The molecule has 1 aromatic heterocycles. The summed E-state index contributed by atoms with van der Waals surface area (Å²) in [6, 6.07) is 14.6. The number of nitrogens with zero attached hydrogens (tertiary/aromatic N) is 2. The van der Waals surface area contributed by atoms with Crippen molar-refractivity contribution in [3.8, 4) is 5.75 Å². The molecule has 1 amide bonds. The summed E-state index contributed by atoms with van der Waals surface area (Å²) < 4.78 is 5.67. The van der Waals surface area contributed by atoms with Crippen LogP contribution in [0.3, 0.4) is 0 Å². The molecule has 0 aliphatic carbocycles. The van der Waals surface area contributed by atoms with E-state index in [4.69, 9.17) is 16.3 Å². The van der Waals surface area contributed by atoms with Crippen LogP contribution < -0.4 is 9.64 Å². The molecule has 3 aromatic rings. The van der Waals surface area contributed by atoms with Crippen molar-refractivity contribution in [2.75, 3.05) is 11.5 Å². The van der Waals surface area contributed by atoms with Gasteiger partial charge in [-0.3, -0.25) is 19.5 Å². The maximum absolute atomic E-state index is 13.3. The lowest BCUT2D eigenvalue weighted by Crippen LogP contribution is -2.30. The third-order valence-electron chi connectivity index (χ3n) is 5.55. The zero-order valence-corrected chi connectivity index (χ0v) is 19.0. The lowest BCUT2D eigenvalue weighted by Gasteiger charge is -2.27. The molecule has 0 spiro atoms. The van der Waals surface area contributed by atoms with Crippen molar-refractivity contribution >= 4 is 34.7 Å². The van der Waals surface area contributed by atoms with Crippen molar-refractivity contribution < 1.29 is 19.4 Å². The fourth-order valence-electron chi connectivity index (χ4n) is 3.91. The quantitative estimate of drug-likeness (QED) is 0.299. The van der Waals surface area contributed by atoms with Gasteiger partial charge in [0, 0.05) is 28.7 Å². The number of ketones is 1. The molecule has 1 N–H and O–H groups in total. The monoisotopic (exact) mass is 462 g/mol. The number of benzene rings is 2. The Labute approximate surface area is 197 Å². The molecule has 1 saturated heterocycles. The highest BCUT2D eigenvalue weighted by Crippen LogP contribution is 2.44. The van der Waals surface area contributed by atoms with Gasteiger partial charge in [-0.05, 0) is 60.9 Å².